The van der Waals surface area contributed by atoms with Crippen molar-refractivity contribution in [2.24, 2.45) is 0 Å². The van der Waals surface area contributed by atoms with Crippen LogP contribution in [0.5, 0.6) is 0 Å². The molecule has 0 amide bonds. The Hall–Kier alpha value is -2.49. The van der Waals surface area contributed by atoms with Crippen LogP contribution in [0.3, 0.4) is 0 Å². The fraction of sp³-hybridized carbons (Fsp3) is 0.222. The van der Waals surface area contributed by atoms with Crippen molar-refractivity contribution in [1.82, 2.24) is 0 Å². The molecule has 0 fully saturated rings. The van der Waals surface area contributed by atoms with Crippen molar-refractivity contribution in [2.45, 2.75) is 19.8 Å². The molecule has 0 unspecified atom stereocenters. The van der Waals surface area contributed by atoms with E-state index in [2.05, 4.69) is 13.8 Å². The van der Waals surface area contributed by atoms with Gasteiger partial charge in [0.25, 0.3) is 0 Å². The molecule has 2 aromatic carbocycles. The Labute approximate surface area is 128 Å². The van der Waals surface area contributed by atoms with Crippen molar-refractivity contribution in [2.75, 3.05) is 6.61 Å². The number of halogens is 1. The highest BCUT2D eigenvalue weighted by atomic mass is 19.1. The van der Waals surface area contributed by atoms with Crippen molar-refractivity contribution in [3.05, 3.63) is 71.0 Å². The lowest BCUT2D eigenvalue weighted by Crippen LogP contribution is -2.15. The van der Waals surface area contributed by atoms with Crippen LogP contribution in [0.1, 0.15) is 46.0 Å². The second-order valence-electron chi connectivity index (χ2n) is 5.26. The lowest BCUT2D eigenvalue weighted by molar-refractivity contribution is 0.0473. The maximum atomic E-state index is 13.4. The van der Waals surface area contributed by atoms with Gasteiger partial charge in [-0.25, -0.2) is 9.18 Å². The molecule has 0 bridgehead atoms. The number of ether oxygens (including phenoxy) is 1. The molecular weight excluding hydrogens is 283 g/mol. The Morgan fingerprint density at radius 3 is 2.27 bits per heavy atom. The summed E-state index contributed by atoms with van der Waals surface area (Å²) in [5, 5.41) is 0. The molecule has 0 aliphatic heterocycles. The number of rotatable bonds is 5. The number of benzene rings is 2. The van der Waals surface area contributed by atoms with E-state index in [9.17, 15) is 14.0 Å². The van der Waals surface area contributed by atoms with Crippen LogP contribution in [-0.4, -0.2) is 18.4 Å². The molecule has 0 atom stereocenters. The van der Waals surface area contributed by atoms with Crippen molar-refractivity contribution in [3.8, 4) is 0 Å². The molecule has 0 saturated heterocycles. The van der Waals surface area contributed by atoms with Crippen molar-refractivity contribution in [3.63, 3.8) is 0 Å². The van der Waals surface area contributed by atoms with Gasteiger partial charge in [0, 0.05) is 0 Å². The third-order valence-electron chi connectivity index (χ3n) is 3.32. The standard InChI is InChI=1S/C18H17FO3/c1-12(2)13-7-9-14(10-8-13)18(21)22-11-17(20)15-5-3-4-6-16(15)19/h3-10,12H,11H2,1-2H3. The zero-order valence-corrected chi connectivity index (χ0v) is 12.5. The Balaban J connectivity index is 1.98. The Morgan fingerprint density at radius 1 is 1.05 bits per heavy atom. The zero-order chi connectivity index (χ0) is 16.1. The van der Waals surface area contributed by atoms with E-state index in [1.807, 2.05) is 12.1 Å². The predicted octanol–water partition coefficient (Wildman–Crippen LogP) is 3.99. The minimum absolute atomic E-state index is 0.0783. The SMILES string of the molecule is CC(C)c1ccc(C(=O)OCC(=O)c2ccccc2F)cc1. The first-order valence-corrected chi connectivity index (χ1v) is 7.04. The lowest BCUT2D eigenvalue weighted by atomic mass is 10.0. The summed E-state index contributed by atoms with van der Waals surface area (Å²) in [6, 6.07) is 12.6. The van der Waals surface area contributed by atoms with Gasteiger partial charge in [-0.3, -0.25) is 4.79 Å². The monoisotopic (exact) mass is 300 g/mol. The minimum Gasteiger partial charge on any atom is -0.454 e. The average Bonchev–Trinajstić information content (AvgIpc) is 2.52. The summed E-state index contributed by atoms with van der Waals surface area (Å²) in [6.45, 7) is 3.63. The van der Waals surface area contributed by atoms with E-state index in [1.54, 1.807) is 18.2 Å². The predicted molar refractivity (Wildman–Crippen MR) is 81.5 cm³/mol. The molecule has 22 heavy (non-hydrogen) atoms. The summed E-state index contributed by atoms with van der Waals surface area (Å²) < 4.78 is 18.4. The molecule has 3 nitrogen and oxygen atoms in total. The van der Waals surface area contributed by atoms with E-state index in [-0.39, 0.29) is 5.56 Å². The van der Waals surface area contributed by atoms with Gasteiger partial charge in [-0.1, -0.05) is 38.1 Å². The van der Waals surface area contributed by atoms with Gasteiger partial charge in [0.15, 0.2) is 6.61 Å². The van der Waals surface area contributed by atoms with Gasteiger partial charge in [-0.2, -0.15) is 0 Å². The van der Waals surface area contributed by atoms with Gasteiger partial charge >= 0.3 is 5.97 Å². The van der Waals surface area contributed by atoms with Crippen LogP contribution in [0.2, 0.25) is 0 Å². The summed E-state index contributed by atoms with van der Waals surface area (Å²) in [6.07, 6.45) is 0. The minimum atomic E-state index is -0.621. The van der Waals surface area contributed by atoms with Crippen LogP contribution in [-0.2, 0) is 4.74 Å². The van der Waals surface area contributed by atoms with Crippen LogP contribution >= 0.6 is 0 Å². The first-order chi connectivity index (χ1) is 10.5. The molecule has 4 heteroatoms. The smallest absolute Gasteiger partial charge is 0.338 e. The number of carbonyl (C=O) groups is 2. The fourth-order valence-electron chi connectivity index (χ4n) is 1.98. The Kier molecular flexibility index (Phi) is 5.04. The topological polar surface area (TPSA) is 43.4 Å². The molecule has 2 rings (SSSR count). The van der Waals surface area contributed by atoms with E-state index < -0.39 is 24.2 Å². The van der Waals surface area contributed by atoms with Crippen molar-refractivity contribution < 1.29 is 18.7 Å². The van der Waals surface area contributed by atoms with E-state index in [0.717, 1.165) is 5.56 Å². The average molecular weight is 300 g/mol. The fourth-order valence-corrected chi connectivity index (χ4v) is 1.98. The quantitative estimate of drug-likeness (QED) is 0.619. The maximum absolute atomic E-state index is 13.4. The summed E-state index contributed by atoms with van der Waals surface area (Å²) in [7, 11) is 0. The van der Waals surface area contributed by atoms with Gasteiger partial charge in [-0.05, 0) is 35.7 Å². The van der Waals surface area contributed by atoms with Gasteiger partial charge < -0.3 is 4.74 Å². The van der Waals surface area contributed by atoms with Crippen LogP contribution in [0, 0.1) is 5.82 Å². The lowest BCUT2D eigenvalue weighted by Gasteiger charge is -2.07. The molecule has 0 aliphatic rings. The molecular formula is C18H17FO3. The van der Waals surface area contributed by atoms with Crippen molar-refractivity contribution >= 4 is 11.8 Å². The number of hydrogen-bond donors (Lipinski definition) is 0. The van der Waals surface area contributed by atoms with Gasteiger partial charge in [-0.15, -0.1) is 0 Å². The van der Waals surface area contributed by atoms with E-state index in [4.69, 9.17) is 4.74 Å². The molecule has 0 saturated carbocycles. The summed E-state index contributed by atoms with van der Waals surface area (Å²) >= 11 is 0. The number of Topliss-reactive ketones (excluding diaryl/α,β-unsaturated/α-hetero) is 1. The molecule has 0 spiro atoms. The third kappa shape index (κ3) is 3.79. The second-order valence-corrected chi connectivity index (χ2v) is 5.26. The summed E-state index contributed by atoms with van der Waals surface area (Å²) in [5.41, 5.74) is 1.40. The summed E-state index contributed by atoms with van der Waals surface area (Å²) in [5.74, 6) is -1.41. The van der Waals surface area contributed by atoms with Crippen LogP contribution in [0.4, 0.5) is 4.39 Å². The Bertz CT molecular complexity index is 675. The number of esters is 1. The largest absolute Gasteiger partial charge is 0.454 e. The van der Waals surface area contributed by atoms with Crippen LogP contribution in [0.15, 0.2) is 48.5 Å². The van der Waals surface area contributed by atoms with Crippen LogP contribution in [0.25, 0.3) is 0 Å². The summed E-state index contributed by atoms with van der Waals surface area (Å²) in [4.78, 5) is 23.7. The van der Waals surface area contributed by atoms with Crippen molar-refractivity contribution in [1.29, 1.82) is 0 Å². The van der Waals surface area contributed by atoms with Crippen LogP contribution < -0.4 is 0 Å². The number of ketones is 1. The zero-order valence-electron chi connectivity index (χ0n) is 12.5. The third-order valence-corrected chi connectivity index (χ3v) is 3.32. The molecule has 0 N–H and O–H groups in total. The number of hydrogen-bond acceptors (Lipinski definition) is 3. The first kappa shape index (κ1) is 15.9. The molecule has 0 aliphatic carbocycles. The van der Waals surface area contributed by atoms with Gasteiger partial charge in [0.05, 0.1) is 11.1 Å². The van der Waals surface area contributed by atoms with Gasteiger partial charge in [0.1, 0.15) is 5.82 Å². The highest BCUT2D eigenvalue weighted by Crippen LogP contribution is 2.15. The van der Waals surface area contributed by atoms with E-state index >= 15 is 0 Å². The molecule has 0 aromatic heterocycles. The molecule has 0 radical (unpaired) electrons. The highest BCUT2D eigenvalue weighted by molar-refractivity contribution is 5.99. The number of carbonyl (C=O) groups excluding carboxylic acids is 2. The maximum Gasteiger partial charge on any atom is 0.338 e. The highest BCUT2D eigenvalue weighted by Gasteiger charge is 2.14. The van der Waals surface area contributed by atoms with E-state index in [1.165, 1.54) is 18.2 Å². The molecule has 2 aromatic rings. The first-order valence-electron chi connectivity index (χ1n) is 7.04. The normalized spacial score (nSPS) is 10.5. The Morgan fingerprint density at radius 2 is 1.68 bits per heavy atom. The van der Waals surface area contributed by atoms with Gasteiger partial charge in [0.2, 0.25) is 5.78 Å². The molecule has 114 valence electrons. The second kappa shape index (κ2) is 6.98. The van der Waals surface area contributed by atoms with E-state index in [0.29, 0.717) is 11.5 Å². The molecule has 0 heterocycles.